The van der Waals surface area contributed by atoms with E-state index in [-0.39, 0.29) is 36.4 Å². The van der Waals surface area contributed by atoms with Gasteiger partial charge in [-0.2, -0.15) is 0 Å². The third-order valence-electron chi connectivity index (χ3n) is 5.94. The highest BCUT2D eigenvalue weighted by Crippen LogP contribution is 2.42. The van der Waals surface area contributed by atoms with Crippen LogP contribution in [-0.2, 0) is 9.59 Å². The van der Waals surface area contributed by atoms with Gasteiger partial charge < -0.3 is 13.9 Å². The van der Waals surface area contributed by atoms with Crippen LogP contribution in [0.3, 0.4) is 0 Å². The predicted octanol–water partition coefficient (Wildman–Crippen LogP) is 4.15. The highest BCUT2D eigenvalue weighted by atomic mass is 16.3. The summed E-state index contributed by atoms with van der Waals surface area (Å²) in [6.07, 6.45) is 5.47. The number of nitrogens with zero attached hydrogens (tertiary/aromatic N) is 3. The summed E-state index contributed by atoms with van der Waals surface area (Å²) in [5.41, 5.74) is 2.72. The Labute approximate surface area is 175 Å². The van der Waals surface area contributed by atoms with Gasteiger partial charge in [0.25, 0.3) is 0 Å². The molecule has 1 unspecified atom stereocenters. The van der Waals surface area contributed by atoms with E-state index >= 15 is 0 Å². The summed E-state index contributed by atoms with van der Waals surface area (Å²) in [7, 11) is 0. The average Bonchev–Trinajstić information content (AvgIpc) is 3.24. The van der Waals surface area contributed by atoms with E-state index in [1.54, 1.807) is 16.1 Å². The molecule has 2 aromatic heterocycles. The SMILES string of the molecule is CC(C)N(CC(=O)N1c2ccccc2-n2cccc2C1c1ccco1)C(=O)C1CC1. The largest absolute Gasteiger partial charge is 0.467 e. The minimum Gasteiger partial charge on any atom is -0.467 e. The fourth-order valence-electron chi connectivity index (χ4n) is 4.28. The van der Waals surface area contributed by atoms with Crippen LogP contribution in [0.2, 0.25) is 0 Å². The lowest BCUT2D eigenvalue weighted by Gasteiger charge is -2.38. The minimum absolute atomic E-state index is 0.0343. The number of anilines is 1. The normalized spacial score (nSPS) is 17.6. The molecule has 2 aliphatic rings. The van der Waals surface area contributed by atoms with E-state index in [4.69, 9.17) is 4.42 Å². The van der Waals surface area contributed by atoms with E-state index in [2.05, 4.69) is 4.57 Å². The van der Waals surface area contributed by atoms with E-state index < -0.39 is 0 Å². The molecule has 30 heavy (non-hydrogen) atoms. The van der Waals surface area contributed by atoms with Crippen LogP contribution in [0.15, 0.2) is 65.4 Å². The molecule has 3 heterocycles. The predicted molar refractivity (Wildman–Crippen MR) is 113 cm³/mol. The average molecular weight is 403 g/mol. The summed E-state index contributed by atoms with van der Waals surface area (Å²) in [6.45, 7) is 3.99. The molecule has 1 atom stereocenters. The first kappa shape index (κ1) is 18.7. The summed E-state index contributed by atoms with van der Waals surface area (Å²) in [4.78, 5) is 30.1. The second kappa shape index (κ2) is 7.20. The van der Waals surface area contributed by atoms with Crippen LogP contribution in [0.25, 0.3) is 5.69 Å². The van der Waals surface area contributed by atoms with Crippen LogP contribution in [-0.4, -0.2) is 33.9 Å². The van der Waals surface area contributed by atoms with Gasteiger partial charge in [-0.05, 0) is 63.1 Å². The van der Waals surface area contributed by atoms with Crippen molar-refractivity contribution >= 4 is 17.5 Å². The van der Waals surface area contributed by atoms with E-state index in [1.807, 2.05) is 68.6 Å². The molecule has 1 saturated carbocycles. The fourth-order valence-corrected chi connectivity index (χ4v) is 4.28. The molecule has 0 spiro atoms. The Balaban J connectivity index is 1.57. The molecular weight excluding hydrogens is 378 g/mol. The van der Waals surface area contributed by atoms with Crippen molar-refractivity contribution in [2.45, 2.75) is 38.8 Å². The lowest BCUT2D eigenvalue weighted by molar-refractivity contribution is -0.138. The molecular formula is C24H25N3O3. The van der Waals surface area contributed by atoms with Crippen LogP contribution in [0.4, 0.5) is 5.69 Å². The summed E-state index contributed by atoms with van der Waals surface area (Å²) >= 11 is 0. The van der Waals surface area contributed by atoms with Crippen LogP contribution in [0, 0.1) is 5.92 Å². The van der Waals surface area contributed by atoms with Crippen molar-refractivity contribution in [2.24, 2.45) is 5.92 Å². The quantitative estimate of drug-likeness (QED) is 0.643. The van der Waals surface area contributed by atoms with Gasteiger partial charge in [-0.15, -0.1) is 0 Å². The smallest absolute Gasteiger partial charge is 0.247 e. The third-order valence-corrected chi connectivity index (χ3v) is 5.94. The van der Waals surface area contributed by atoms with Gasteiger partial charge in [0.2, 0.25) is 11.8 Å². The number of para-hydroxylation sites is 2. The highest BCUT2D eigenvalue weighted by Gasteiger charge is 2.40. The zero-order valence-electron chi connectivity index (χ0n) is 17.2. The molecule has 0 N–H and O–H groups in total. The molecule has 1 aliphatic heterocycles. The van der Waals surface area contributed by atoms with Gasteiger partial charge in [-0.1, -0.05) is 12.1 Å². The molecule has 0 radical (unpaired) electrons. The maximum atomic E-state index is 13.7. The third kappa shape index (κ3) is 3.03. The lowest BCUT2D eigenvalue weighted by Crippen LogP contribution is -2.49. The van der Waals surface area contributed by atoms with E-state index in [0.717, 1.165) is 29.9 Å². The van der Waals surface area contributed by atoms with Crippen molar-refractivity contribution in [2.75, 3.05) is 11.4 Å². The topological polar surface area (TPSA) is 58.7 Å². The van der Waals surface area contributed by atoms with Gasteiger partial charge in [0.05, 0.1) is 23.3 Å². The van der Waals surface area contributed by atoms with E-state index in [1.165, 1.54) is 0 Å². The molecule has 5 rings (SSSR count). The minimum atomic E-state index is -0.387. The van der Waals surface area contributed by atoms with Crippen molar-refractivity contribution in [3.05, 3.63) is 72.4 Å². The Morgan fingerprint density at radius 3 is 2.50 bits per heavy atom. The lowest BCUT2D eigenvalue weighted by atomic mass is 10.0. The van der Waals surface area contributed by atoms with Gasteiger partial charge in [-0.25, -0.2) is 0 Å². The molecule has 0 bridgehead atoms. The first-order valence-corrected chi connectivity index (χ1v) is 10.5. The summed E-state index contributed by atoms with van der Waals surface area (Å²) in [5.74, 6) is 0.745. The zero-order chi connectivity index (χ0) is 20.8. The molecule has 1 aromatic carbocycles. The molecule has 1 aliphatic carbocycles. The molecule has 2 amide bonds. The first-order valence-electron chi connectivity index (χ1n) is 10.5. The van der Waals surface area contributed by atoms with Gasteiger partial charge in [0.15, 0.2) is 0 Å². The van der Waals surface area contributed by atoms with E-state index in [9.17, 15) is 9.59 Å². The Morgan fingerprint density at radius 1 is 1.07 bits per heavy atom. The molecule has 1 fully saturated rings. The second-order valence-electron chi connectivity index (χ2n) is 8.31. The van der Waals surface area contributed by atoms with Crippen molar-refractivity contribution in [3.8, 4) is 5.69 Å². The number of hydrogen-bond acceptors (Lipinski definition) is 3. The molecule has 154 valence electrons. The Kier molecular flexibility index (Phi) is 4.50. The summed E-state index contributed by atoms with van der Waals surface area (Å²) < 4.78 is 7.85. The van der Waals surface area contributed by atoms with Crippen LogP contribution < -0.4 is 4.90 Å². The number of fused-ring (bicyclic) bond motifs is 3. The maximum Gasteiger partial charge on any atom is 0.247 e. The number of aromatic nitrogens is 1. The van der Waals surface area contributed by atoms with Gasteiger partial charge >= 0.3 is 0 Å². The summed E-state index contributed by atoms with van der Waals surface area (Å²) in [6, 6.07) is 15.2. The van der Waals surface area contributed by atoms with Gasteiger partial charge in [-0.3, -0.25) is 14.5 Å². The highest BCUT2D eigenvalue weighted by molar-refractivity contribution is 6.00. The van der Waals surface area contributed by atoms with Crippen molar-refractivity contribution in [1.29, 1.82) is 0 Å². The molecule has 3 aromatic rings. The van der Waals surface area contributed by atoms with Crippen molar-refractivity contribution in [1.82, 2.24) is 9.47 Å². The van der Waals surface area contributed by atoms with Crippen LogP contribution in [0.5, 0.6) is 0 Å². The number of benzene rings is 1. The molecule has 6 heteroatoms. The Bertz CT molecular complexity index is 1080. The fraction of sp³-hybridized carbons (Fsp3) is 0.333. The number of hydrogen-bond donors (Lipinski definition) is 0. The van der Waals surface area contributed by atoms with Crippen molar-refractivity contribution < 1.29 is 14.0 Å². The number of furan rings is 1. The standard InChI is InChI=1S/C24H25N3O3/c1-16(2)26(24(29)17-11-12-17)15-22(28)27-19-8-4-3-7-18(19)25-13-5-9-20(25)23(27)21-10-6-14-30-21/h3-10,13-14,16-17,23H,11-12,15H2,1-2H3. The van der Waals surface area contributed by atoms with E-state index in [0.29, 0.717) is 5.76 Å². The molecule has 0 saturated heterocycles. The second-order valence-corrected chi connectivity index (χ2v) is 8.31. The van der Waals surface area contributed by atoms with Gasteiger partial charge in [0, 0.05) is 18.2 Å². The Hall–Kier alpha value is -3.28. The summed E-state index contributed by atoms with van der Waals surface area (Å²) in [5, 5.41) is 0. The number of amides is 2. The van der Waals surface area contributed by atoms with Gasteiger partial charge in [0.1, 0.15) is 18.3 Å². The van der Waals surface area contributed by atoms with Crippen molar-refractivity contribution in [3.63, 3.8) is 0 Å². The Morgan fingerprint density at radius 2 is 1.83 bits per heavy atom. The monoisotopic (exact) mass is 403 g/mol. The maximum absolute atomic E-state index is 13.7. The number of carbonyl (C=O) groups is 2. The molecule has 6 nitrogen and oxygen atoms in total. The van der Waals surface area contributed by atoms with Crippen LogP contribution in [0.1, 0.15) is 44.2 Å². The zero-order valence-corrected chi connectivity index (χ0v) is 17.2. The number of rotatable bonds is 5. The first-order chi connectivity index (χ1) is 14.6. The van der Waals surface area contributed by atoms with Crippen LogP contribution >= 0.6 is 0 Å². The number of carbonyl (C=O) groups excluding carboxylic acids is 2.